The number of hydrogen-bond donors (Lipinski definition) is 0. The minimum atomic E-state index is -0.497. The van der Waals surface area contributed by atoms with E-state index in [1.807, 2.05) is 6.92 Å². The van der Waals surface area contributed by atoms with Gasteiger partial charge in [-0.05, 0) is 34.5 Å². The first-order valence-electron chi connectivity index (χ1n) is 6.15. The first-order valence-corrected chi connectivity index (χ1v) is 7.73. The highest BCUT2D eigenvalue weighted by atomic mass is 79.9. The van der Waals surface area contributed by atoms with Crippen molar-refractivity contribution in [3.8, 4) is 11.6 Å². The lowest BCUT2D eigenvalue weighted by Crippen LogP contribution is -1.99. The maximum absolute atomic E-state index is 11.1. The van der Waals surface area contributed by atoms with E-state index >= 15 is 0 Å². The van der Waals surface area contributed by atoms with Crippen LogP contribution in [0.15, 0.2) is 33.3 Å². The van der Waals surface area contributed by atoms with Crippen LogP contribution in [0.5, 0.6) is 11.6 Å². The van der Waals surface area contributed by atoms with Crippen LogP contribution in [0.1, 0.15) is 19.2 Å². The molecule has 0 radical (unpaired) electrons. The normalized spacial score (nSPS) is 10.4. The van der Waals surface area contributed by atoms with Gasteiger partial charge in [0.15, 0.2) is 0 Å². The first-order chi connectivity index (χ1) is 9.99. The molecule has 0 saturated carbocycles. The van der Waals surface area contributed by atoms with E-state index in [-0.39, 0.29) is 17.3 Å². The van der Waals surface area contributed by atoms with Crippen molar-refractivity contribution < 1.29 is 9.66 Å². The quantitative estimate of drug-likeness (QED) is 0.402. The fraction of sp³-hybridized carbons (Fsp3) is 0.231. The summed E-state index contributed by atoms with van der Waals surface area (Å²) >= 11 is 6.48. The van der Waals surface area contributed by atoms with E-state index in [0.29, 0.717) is 21.3 Å². The number of nitrogens with zero attached hydrogens (tertiary/aromatic N) is 3. The molecule has 0 N–H and O–H groups in total. The van der Waals surface area contributed by atoms with Gasteiger partial charge in [0.25, 0.3) is 0 Å². The number of nitro benzene ring substituents is 1. The predicted molar refractivity (Wildman–Crippen MR) is 84.6 cm³/mol. The van der Waals surface area contributed by atoms with Gasteiger partial charge in [-0.25, -0.2) is 4.98 Å². The Morgan fingerprint density at radius 2 is 2.05 bits per heavy atom. The van der Waals surface area contributed by atoms with Gasteiger partial charge in [0, 0.05) is 23.0 Å². The van der Waals surface area contributed by atoms with Crippen molar-refractivity contribution in [1.82, 2.24) is 9.97 Å². The smallest absolute Gasteiger partial charge is 0.312 e. The Balaban J connectivity index is 2.36. The van der Waals surface area contributed by atoms with E-state index in [1.54, 1.807) is 12.1 Å². The fourth-order valence-electron chi connectivity index (χ4n) is 1.66. The molecule has 1 aromatic heterocycles. The zero-order valence-corrected chi connectivity index (χ0v) is 14.2. The monoisotopic (exact) mass is 415 g/mol. The summed E-state index contributed by atoms with van der Waals surface area (Å²) in [6.07, 6.45) is 1.60. The predicted octanol–water partition coefficient (Wildman–Crippen LogP) is 4.65. The lowest BCUT2D eigenvalue weighted by molar-refractivity contribution is -0.385. The molecule has 8 heteroatoms. The number of rotatable bonds is 5. The lowest BCUT2D eigenvalue weighted by atomic mass is 10.3. The van der Waals surface area contributed by atoms with E-state index in [9.17, 15) is 10.1 Å². The van der Waals surface area contributed by atoms with Gasteiger partial charge >= 0.3 is 5.69 Å². The van der Waals surface area contributed by atoms with Crippen LogP contribution in [0.25, 0.3) is 0 Å². The number of hydrogen-bond acceptors (Lipinski definition) is 5. The molecular weight excluding hydrogens is 406 g/mol. The minimum Gasteiger partial charge on any atom is -0.432 e. The molecule has 0 spiro atoms. The SMILES string of the molecule is CCCc1nc(Br)cc(Oc2ccc(Br)cc2[N+](=O)[O-])n1. The van der Waals surface area contributed by atoms with Crippen molar-refractivity contribution in [2.24, 2.45) is 0 Å². The van der Waals surface area contributed by atoms with Crippen LogP contribution in [0.3, 0.4) is 0 Å². The number of aromatic nitrogens is 2. The number of halogens is 2. The third-order valence-corrected chi connectivity index (χ3v) is 3.42. The molecule has 0 saturated heterocycles. The molecule has 2 aromatic rings. The van der Waals surface area contributed by atoms with Crippen LogP contribution in [0.4, 0.5) is 5.69 Å². The third-order valence-electron chi connectivity index (χ3n) is 2.52. The third kappa shape index (κ3) is 4.21. The minimum absolute atomic E-state index is 0.129. The van der Waals surface area contributed by atoms with E-state index in [0.717, 1.165) is 6.42 Å². The zero-order valence-electron chi connectivity index (χ0n) is 11.0. The van der Waals surface area contributed by atoms with Gasteiger partial charge in [0.05, 0.1) is 4.92 Å². The van der Waals surface area contributed by atoms with E-state index in [1.165, 1.54) is 12.1 Å². The Labute approximate surface area is 138 Å². The molecule has 110 valence electrons. The molecule has 2 rings (SSSR count). The van der Waals surface area contributed by atoms with Crippen LogP contribution in [-0.4, -0.2) is 14.9 Å². The van der Waals surface area contributed by atoms with Crippen LogP contribution < -0.4 is 4.74 Å². The molecule has 0 aliphatic rings. The van der Waals surface area contributed by atoms with Crippen molar-refractivity contribution in [2.75, 3.05) is 0 Å². The summed E-state index contributed by atoms with van der Waals surface area (Å²) in [6.45, 7) is 2.02. The molecule has 0 atom stereocenters. The van der Waals surface area contributed by atoms with Crippen molar-refractivity contribution >= 4 is 37.5 Å². The standard InChI is InChI=1S/C13H11Br2N3O3/c1-2-3-12-16-11(15)7-13(17-12)21-10-5-4-8(14)6-9(10)18(19)20/h4-7H,2-3H2,1H3. The second-order valence-corrected chi connectivity index (χ2v) is 5.89. The molecule has 21 heavy (non-hydrogen) atoms. The van der Waals surface area contributed by atoms with Crippen LogP contribution in [0.2, 0.25) is 0 Å². The number of ether oxygens (including phenoxy) is 1. The molecule has 0 aliphatic heterocycles. The Hall–Kier alpha value is -1.54. The highest BCUT2D eigenvalue weighted by molar-refractivity contribution is 9.10. The molecular formula is C13H11Br2N3O3. The topological polar surface area (TPSA) is 78.2 Å². The molecule has 0 aliphatic carbocycles. The van der Waals surface area contributed by atoms with Gasteiger partial charge in [-0.3, -0.25) is 10.1 Å². The van der Waals surface area contributed by atoms with Gasteiger partial charge in [-0.1, -0.05) is 22.9 Å². The second-order valence-electron chi connectivity index (χ2n) is 4.17. The molecule has 1 aromatic carbocycles. The van der Waals surface area contributed by atoms with Gasteiger partial charge in [0.1, 0.15) is 10.4 Å². The summed E-state index contributed by atoms with van der Waals surface area (Å²) in [5.41, 5.74) is -0.129. The van der Waals surface area contributed by atoms with Gasteiger partial charge in [0.2, 0.25) is 11.6 Å². The number of aryl methyl sites for hydroxylation is 1. The zero-order chi connectivity index (χ0) is 15.4. The average molecular weight is 417 g/mol. The Kier molecular flexibility index (Phi) is 5.24. The van der Waals surface area contributed by atoms with Crippen molar-refractivity contribution in [1.29, 1.82) is 0 Å². The summed E-state index contributed by atoms with van der Waals surface area (Å²) in [6, 6.07) is 6.16. The van der Waals surface area contributed by atoms with Crippen LogP contribution in [-0.2, 0) is 6.42 Å². The van der Waals surface area contributed by atoms with Crippen molar-refractivity contribution in [2.45, 2.75) is 19.8 Å². The summed E-state index contributed by atoms with van der Waals surface area (Å²) in [5.74, 6) is 1.03. The highest BCUT2D eigenvalue weighted by Gasteiger charge is 2.17. The summed E-state index contributed by atoms with van der Waals surface area (Å²) < 4.78 is 6.74. The largest absolute Gasteiger partial charge is 0.432 e. The van der Waals surface area contributed by atoms with Gasteiger partial charge in [-0.15, -0.1) is 0 Å². The highest BCUT2D eigenvalue weighted by Crippen LogP contribution is 2.33. The van der Waals surface area contributed by atoms with E-state index in [4.69, 9.17) is 4.74 Å². The van der Waals surface area contributed by atoms with Crippen molar-refractivity contribution in [3.05, 3.63) is 49.3 Å². The second kappa shape index (κ2) is 6.95. The molecule has 0 bridgehead atoms. The van der Waals surface area contributed by atoms with Crippen LogP contribution in [0, 0.1) is 10.1 Å². The maximum Gasteiger partial charge on any atom is 0.312 e. The summed E-state index contributed by atoms with van der Waals surface area (Å²) in [7, 11) is 0. The molecule has 6 nitrogen and oxygen atoms in total. The Bertz CT molecular complexity index is 680. The molecule has 1 heterocycles. The average Bonchev–Trinajstić information content (AvgIpc) is 2.40. The van der Waals surface area contributed by atoms with E-state index in [2.05, 4.69) is 41.8 Å². The summed E-state index contributed by atoms with van der Waals surface area (Å²) in [5, 5.41) is 11.1. The molecule has 0 amide bonds. The van der Waals surface area contributed by atoms with Gasteiger partial charge in [-0.2, -0.15) is 4.98 Å². The van der Waals surface area contributed by atoms with Crippen molar-refractivity contribution in [3.63, 3.8) is 0 Å². The first kappa shape index (κ1) is 15.8. The van der Waals surface area contributed by atoms with E-state index < -0.39 is 4.92 Å². The molecule has 0 fully saturated rings. The summed E-state index contributed by atoms with van der Waals surface area (Å²) in [4.78, 5) is 19.0. The Morgan fingerprint density at radius 1 is 1.29 bits per heavy atom. The molecule has 0 unspecified atom stereocenters. The van der Waals surface area contributed by atoms with Gasteiger partial charge < -0.3 is 4.74 Å². The lowest BCUT2D eigenvalue weighted by Gasteiger charge is -2.07. The number of benzene rings is 1. The van der Waals surface area contributed by atoms with Crippen LogP contribution >= 0.6 is 31.9 Å². The number of nitro groups is 1. The maximum atomic E-state index is 11.1. The fourth-order valence-corrected chi connectivity index (χ4v) is 2.41. The Morgan fingerprint density at radius 3 is 2.71 bits per heavy atom.